The number of carbonyl (C=O) groups is 1. The predicted molar refractivity (Wildman–Crippen MR) is 126 cm³/mol. The smallest absolute Gasteiger partial charge is 0.264 e. The molecule has 2 aromatic carbocycles. The Morgan fingerprint density at radius 1 is 0.943 bits per heavy atom. The first kappa shape index (κ1) is 22.9. The van der Waals surface area contributed by atoms with Crippen molar-refractivity contribution < 1.29 is 13.6 Å². The highest BCUT2D eigenvalue weighted by Gasteiger charge is 2.28. The van der Waals surface area contributed by atoms with Gasteiger partial charge in [-0.3, -0.25) is 23.7 Å². The maximum absolute atomic E-state index is 13.5. The minimum absolute atomic E-state index is 0.101. The van der Waals surface area contributed by atoms with E-state index in [0.29, 0.717) is 37.2 Å². The predicted octanol–water partition coefficient (Wildman–Crippen LogP) is 2.34. The molecule has 0 radical (unpaired) electrons. The number of aryl methyl sites for hydroxylation is 1. The van der Waals surface area contributed by atoms with Gasteiger partial charge in [0.25, 0.3) is 5.56 Å². The molecule has 10 heteroatoms. The molecule has 180 valence electrons. The van der Waals surface area contributed by atoms with Crippen LogP contribution in [0.1, 0.15) is 17.2 Å². The molecule has 1 amide bonds. The first-order chi connectivity index (χ1) is 16.9. The minimum atomic E-state index is -0.323. The van der Waals surface area contributed by atoms with Crippen molar-refractivity contribution in [1.29, 1.82) is 0 Å². The molecular formula is C25H24F2N6O2. The van der Waals surface area contributed by atoms with Crippen LogP contribution in [0.4, 0.5) is 8.78 Å². The molecule has 35 heavy (non-hydrogen) atoms. The number of amides is 1. The van der Waals surface area contributed by atoms with Crippen LogP contribution < -0.4 is 5.56 Å². The van der Waals surface area contributed by atoms with Crippen molar-refractivity contribution in [3.63, 3.8) is 0 Å². The lowest BCUT2D eigenvalue weighted by Crippen LogP contribution is -2.51. The fraction of sp³-hybridized carbons (Fsp3) is 0.280. The Labute approximate surface area is 200 Å². The third kappa shape index (κ3) is 4.57. The summed E-state index contributed by atoms with van der Waals surface area (Å²) in [6.45, 7) is 1.97. The Kier molecular flexibility index (Phi) is 6.12. The van der Waals surface area contributed by atoms with E-state index in [2.05, 4.69) is 15.0 Å². The molecule has 3 heterocycles. The highest BCUT2D eigenvalue weighted by molar-refractivity contribution is 5.77. The summed E-state index contributed by atoms with van der Waals surface area (Å²) in [5.41, 5.74) is 1.95. The third-order valence-corrected chi connectivity index (χ3v) is 6.43. The van der Waals surface area contributed by atoms with Crippen LogP contribution in [0, 0.1) is 11.6 Å². The van der Waals surface area contributed by atoms with E-state index in [4.69, 9.17) is 0 Å². The quantitative estimate of drug-likeness (QED) is 0.440. The van der Waals surface area contributed by atoms with Gasteiger partial charge >= 0.3 is 0 Å². The topological polar surface area (TPSA) is 76.3 Å². The summed E-state index contributed by atoms with van der Waals surface area (Å²) >= 11 is 0. The van der Waals surface area contributed by atoms with Crippen LogP contribution in [0.2, 0.25) is 0 Å². The van der Waals surface area contributed by atoms with Crippen molar-refractivity contribution in [3.8, 4) is 0 Å². The molecule has 8 nitrogen and oxygen atoms in total. The highest BCUT2D eigenvalue weighted by Crippen LogP contribution is 2.30. The molecule has 0 bridgehead atoms. The molecule has 4 aromatic rings. The number of hydrogen-bond donors (Lipinski definition) is 0. The fourth-order valence-electron chi connectivity index (χ4n) is 4.56. The molecule has 0 spiro atoms. The Morgan fingerprint density at radius 3 is 2.09 bits per heavy atom. The highest BCUT2D eigenvalue weighted by atomic mass is 19.1. The van der Waals surface area contributed by atoms with Gasteiger partial charge in [-0.15, -0.1) is 0 Å². The molecule has 2 aromatic heterocycles. The van der Waals surface area contributed by atoms with E-state index >= 15 is 0 Å². The van der Waals surface area contributed by atoms with E-state index in [1.807, 2.05) is 0 Å². The molecule has 0 atom stereocenters. The lowest BCUT2D eigenvalue weighted by Gasteiger charge is -2.39. The zero-order chi connectivity index (χ0) is 24.5. The number of aromatic nitrogens is 4. The lowest BCUT2D eigenvalue weighted by molar-refractivity contribution is -0.133. The molecule has 0 aliphatic carbocycles. The number of halogens is 2. The SMILES string of the molecule is Cn1ncc2c(=O)n(CC(=O)N3CCN(C(c4ccc(F)cc4)c4ccc(F)cc4)CC3)cnc21. The zero-order valence-electron chi connectivity index (χ0n) is 19.1. The molecule has 1 aliphatic heterocycles. The van der Waals surface area contributed by atoms with E-state index in [1.165, 1.54) is 46.0 Å². The molecule has 1 saturated heterocycles. The third-order valence-electron chi connectivity index (χ3n) is 6.43. The summed E-state index contributed by atoms with van der Waals surface area (Å²) in [5.74, 6) is -0.815. The normalized spacial score (nSPS) is 14.7. The molecule has 0 saturated carbocycles. The first-order valence-electron chi connectivity index (χ1n) is 11.3. The Morgan fingerprint density at radius 2 is 1.51 bits per heavy atom. The number of piperazine rings is 1. The summed E-state index contributed by atoms with van der Waals surface area (Å²) in [7, 11) is 1.70. The molecular weight excluding hydrogens is 454 g/mol. The number of fused-ring (bicyclic) bond motifs is 1. The summed E-state index contributed by atoms with van der Waals surface area (Å²) < 4.78 is 29.9. The van der Waals surface area contributed by atoms with E-state index in [-0.39, 0.29) is 35.7 Å². The average molecular weight is 479 g/mol. The number of rotatable bonds is 5. The number of hydrogen-bond acceptors (Lipinski definition) is 5. The number of benzene rings is 2. The van der Waals surface area contributed by atoms with Crippen LogP contribution >= 0.6 is 0 Å². The fourth-order valence-corrected chi connectivity index (χ4v) is 4.56. The van der Waals surface area contributed by atoms with Crippen molar-refractivity contribution in [2.75, 3.05) is 26.2 Å². The van der Waals surface area contributed by atoms with Gasteiger partial charge in [-0.1, -0.05) is 24.3 Å². The van der Waals surface area contributed by atoms with E-state index in [0.717, 1.165) is 11.1 Å². The van der Waals surface area contributed by atoms with Gasteiger partial charge < -0.3 is 4.90 Å². The van der Waals surface area contributed by atoms with Crippen molar-refractivity contribution in [2.45, 2.75) is 12.6 Å². The van der Waals surface area contributed by atoms with Crippen molar-refractivity contribution in [3.05, 3.63) is 94.2 Å². The van der Waals surface area contributed by atoms with Gasteiger partial charge in [0, 0.05) is 33.2 Å². The van der Waals surface area contributed by atoms with E-state index in [1.54, 1.807) is 36.2 Å². The van der Waals surface area contributed by atoms with Crippen LogP contribution in [-0.2, 0) is 18.4 Å². The average Bonchev–Trinajstić information content (AvgIpc) is 3.25. The lowest BCUT2D eigenvalue weighted by atomic mass is 9.96. The first-order valence-corrected chi connectivity index (χ1v) is 11.3. The Balaban J connectivity index is 1.31. The zero-order valence-corrected chi connectivity index (χ0v) is 19.1. The minimum Gasteiger partial charge on any atom is -0.339 e. The molecule has 1 fully saturated rings. The monoisotopic (exact) mass is 478 g/mol. The number of carbonyl (C=O) groups excluding carboxylic acids is 1. The van der Waals surface area contributed by atoms with Gasteiger partial charge in [0.05, 0.1) is 12.2 Å². The van der Waals surface area contributed by atoms with Gasteiger partial charge in [0.15, 0.2) is 5.65 Å². The Bertz CT molecular complexity index is 1360. The summed E-state index contributed by atoms with van der Waals surface area (Å²) in [6, 6.07) is 12.4. The van der Waals surface area contributed by atoms with Crippen LogP contribution in [0.3, 0.4) is 0 Å². The maximum Gasteiger partial charge on any atom is 0.264 e. The van der Waals surface area contributed by atoms with E-state index in [9.17, 15) is 18.4 Å². The molecule has 1 aliphatic rings. The van der Waals surface area contributed by atoms with Crippen molar-refractivity contribution in [1.82, 2.24) is 29.1 Å². The molecule has 0 unspecified atom stereocenters. The van der Waals surface area contributed by atoms with E-state index < -0.39 is 0 Å². The van der Waals surface area contributed by atoms with Crippen molar-refractivity contribution in [2.24, 2.45) is 7.05 Å². The number of nitrogens with zero attached hydrogens (tertiary/aromatic N) is 6. The van der Waals surface area contributed by atoms with Crippen molar-refractivity contribution >= 4 is 16.9 Å². The molecule has 5 rings (SSSR count). The maximum atomic E-state index is 13.5. The second-order valence-corrected chi connectivity index (χ2v) is 8.61. The van der Waals surface area contributed by atoms with Gasteiger partial charge in [-0.25, -0.2) is 13.8 Å². The van der Waals surface area contributed by atoms with Crippen LogP contribution in [-0.4, -0.2) is 61.2 Å². The summed E-state index contributed by atoms with van der Waals surface area (Å²) in [6.07, 6.45) is 2.83. The second kappa shape index (κ2) is 9.38. The van der Waals surface area contributed by atoms with Crippen LogP contribution in [0.25, 0.3) is 11.0 Å². The van der Waals surface area contributed by atoms with Gasteiger partial charge in [-0.2, -0.15) is 5.10 Å². The van der Waals surface area contributed by atoms with Gasteiger partial charge in [0.2, 0.25) is 5.91 Å². The van der Waals surface area contributed by atoms with Crippen LogP contribution in [0.5, 0.6) is 0 Å². The standard InChI is InChI=1S/C25H24F2N6O2/c1-30-24-21(14-29-30)25(35)33(16-28-24)15-22(34)31-10-12-32(13-11-31)23(17-2-6-19(26)7-3-17)18-4-8-20(27)9-5-18/h2-9,14,16,23H,10-13,15H2,1H3. The van der Waals surface area contributed by atoms with Gasteiger partial charge in [0.1, 0.15) is 29.9 Å². The van der Waals surface area contributed by atoms with Gasteiger partial charge in [-0.05, 0) is 35.4 Å². The molecule has 0 N–H and O–H groups in total. The second-order valence-electron chi connectivity index (χ2n) is 8.61. The summed E-state index contributed by atoms with van der Waals surface area (Å²) in [5, 5.41) is 4.42. The largest absolute Gasteiger partial charge is 0.339 e. The Hall–Kier alpha value is -3.92. The summed E-state index contributed by atoms with van der Waals surface area (Å²) in [4.78, 5) is 33.8. The van der Waals surface area contributed by atoms with Crippen LogP contribution in [0.15, 0.2) is 65.8 Å².